The van der Waals surface area contributed by atoms with Gasteiger partial charge in [-0.3, -0.25) is 0 Å². The lowest BCUT2D eigenvalue weighted by Gasteiger charge is -2.15. The molecule has 412 valence electrons. The van der Waals surface area contributed by atoms with Crippen molar-refractivity contribution in [2.75, 3.05) is 0 Å². The topological polar surface area (TPSA) is 15.5 Å². The number of hydrogen-bond donors (Lipinski definition) is 0. The standard InChI is InChI=1S/2C19H26N.2C18H24N/c2*1-6-16(7-2)18-13-20(5)19(12-15(18)4)17-11-9-8-10-14(17)3;2*1-5-15(6-2)16-11-12-18(19(4)13-16)17-10-8-7-9-14(17)3/h2*8-13,16H,6-7H2,1-5H3;2*7-13,15H,5-6H2,1-4H3/q4*+1/i16D;;15D;. The molecule has 8 aromatic rings. The molecule has 4 heteroatoms. The molecule has 0 fully saturated rings. The Labute approximate surface area is 477 Å². The van der Waals surface area contributed by atoms with Crippen LogP contribution in [0.5, 0.6) is 0 Å². The molecule has 0 N–H and O–H groups in total. The minimum absolute atomic E-state index is 0.470. The van der Waals surface area contributed by atoms with Gasteiger partial charge < -0.3 is 0 Å². The smallest absolute Gasteiger partial charge is 0.201 e. The molecule has 0 atom stereocenters. The lowest BCUT2D eigenvalue weighted by molar-refractivity contribution is -0.661. The molecular weight excluding hydrogens is 945 g/mol. The summed E-state index contributed by atoms with van der Waals surface area (Å²) in [5.74, 6) is 0.401. The molecule has 0 saturated carbocycles. The van der Waals surface area contributed by atoms with E-state index < -0.39 is 11.8 Å². The third-order valence-electron chi connectivity index (χ3n) is 16.4. The number of pyridine rings is 4. The Bertz CT molecular complexity index is 3260. The van der Waals surface area contributed by atoms with Gasteiger partial charge in [-0.25, -0.2) is 18.3 Å². The van der Waals surface area contributed by atoms with Gasteiger partial charge in [0.05, 0.1) is 0 Å². The summed E-state index contributed by atoms with van der Waals surface area (Å²) in [6.07, 6.45) is 17.1. The number of rotatable bonds is 16. The molecule has 0 saturated heterocycles. The van der Waals surface area contributed by atoms with Crippen LogP contribution in [0, 0.1) is 41.5 Å². The van der Waals surface area contributed by atoms with Gasteiger partial charge in [0.25, 0.3) is 0 Å². The molecule has 4 aromatic heterocycles. The van der Waals surface area contributed by atoms with Gasteiger partial charge >= 0.3 is 0 Å². The fourth-order valence-electron chi connectivity index (χ4n) is 11.3. The average Bonchev–Trinajstić information content (AvgIpc) is 3.46. The lowest BCUT2D eigenvalue weighted by atomic mass is 9.91. The minimum atomic E-state index is -0.480. The van der Waals surface area contributed by atoms with Crippen LogP contribution in [-0.2, 0) is 28.2 Å². The first-order chi connectivity index (χ1) is 38.2. The summed E-state index contributed by atoms with van der Waals surface area (Å²) >= 11 is 0. The first kappa shape index (κ1) is 59.1. The predicted molar refractivity (Wildman–Crippen MR) is 334 cm³/mol. The average molecular weight is 1050 g/mol. The van der Waals surface area contributed by atoms with E-state index in [1.165, 1.54) is 115 Å². The van der Waals surface area contributed by atoms with Crippen molar-refractivity contribution in [3.05, 3.63) is 214 Å². The van der Waals surface area contributed by atoms with E-state index in [0.717, 1.165) is 36.8 Å². The van der Waals surface area contributed by atoms with Gasteiger partial charge in [-0.1, -0.05) is 128 Å². The molecular formula is C74H100N4+4. The Balaban J connectivity index is 0.000000196. The molecule has 0 bridgehead atoms. The van der Waals surface area contributed by atoms with Crippen molar-refractivity contribution in [3.8, 4) is 45.0 Å². The fourth-order valence-corrected chi connectivity index (χ4v) is 11.3. The summed E-state index contributed by atoms with van der Waals surface area (Å²) in [6, 6.07) is 47.4. The predicted octanol–water partition coefficient (Wildman–Crippen LogP) is 18.2. The highest BCUT2D eigenvalue weighted by atomic mass is 14.9. The summed E-state index contributed by atoms with van der Waals surface area (Å²) in [6.45, 7) is 30.5. The zero-order chi connectivity index (χ0) is 58.9. The van der Waals surface area contributed by atoms with Gasteiger partial charge in [0.1, 0.15) is 28.2 Å². The van der Waals surface area contributed by atoms with E-state index in [1.807, 2.05) is 0 Å². The molecule has 0 aliphatic carbocycles. The monoisotopic (exact) mass is 1050 g/mol. The third-order valence-corrected chi connectivity index (χ3v) is 16.4. The molecule has 4 nitrogen and oxygen atoms in total. The second-order valence-corrected chi connectivity index (χ2v) is 21.6. The van der Waals surface area contributed by atoms with E-state index in [1.54, 1.807) is 0 Å². The van der Waals surface area contributed by atoms with E-state index in [9.17, 15) is 0 Å². The van der Waals surface area contributed by atoms with Crippen molar-refractivity contribution < 1.29 is 21.0 Å². The highest BCUT2D eigenvalue weighted by Crippen LogP contribution is 2.31. The van der Waals surface area contributed by atoms with Gasteiger partial charge in [0, 0.05) is 71.5 Å². The normalized spacial score (nSPS) is 11.7. The van der Waals surface area contributed by atoms with E-state index in [-0.39, 0.29) is 0 Å². The Kier molecular flexibility index (Phi) is 23.2. The first-order valence-corrected chi connectivity index (χ1v) is 29.4. The van der Waals surface area contributed by atoms with Crippen LogP contribution >= 0.6 is 0 Å². The van der Waals surface area contributed by atoms with Crippen molar-refractivity contribution in [2.45, 2.75) is 172 Å². The van der Waals surface area contributed by atoms with Crippen LogP contribution in [-0.4, -0.2) is 0 Å². The lowest BCUT2D eigenvalue weighted by Crippen LogP contribution is -2.32. The van der Waals surface area contributed by atoms with Crippen LogP contribution in [0.15, 0.2) is 158 Å². The molecule has 78 heavy (non-hydrogen) atoms. The largest absolute Gasteiger partial charge is 0.212 e. The maximum atomic E-state index is 8.70. The van der Waals surface area contributed by atoms with Gasteiger partial charge in [0.15, 0.2) is 24.8 Å². The Morgan fingerprint density at radius 1 is 0.308 bits per heavy atom. The maximum Gasteiger partial charge on any atom is 0.212 e. The zero-order valence-electron chi connectivity index (χ0n) is 53.6. The molecule has 4 heterocycles. The van der Waals surface area contributed by atoms with Crippen molar-refractivity contribution in [3.63, 3.8) is 0 Å². The highest BCUT2D eigenvalue weighted by Gasteiger charge is 2.22. The number of hydrogen-bond acceptors (Lipinski definition) is 0. The number of benzene rings is 4. The number of aromatic nitrogens is 4. The number of nitrogens with zero attached hydrogens (tertiary/aromatic N) is 4. The van der Waals surface area contributed by atoms with Crippen molar-refractivity contribution in [1.82, 2.24) is 0 Å². The van der Waals surface area contributed by atoms with Crippen LogP contribution in [0.3, 0.4) is 0 Å². The SMILES string of the molecule is CCC(CC)c1c[n+](C)c(-c2ccccc2C)cc1C.CCC(CC)c1ccc(-c2ccccc2C)[n+](C)c1.[2H]C(CC)(CC)c1c[n+](C)c(-c2ccccc2C)cc1C.[2H]C(CC)(CC)c1ccc(-c2ccccc2C)[n+](C)c1. The third kappa shape index (κ3) is 15.8. The summed E-state index contributed by atoms with van der Waals surface area (Å²) in [4.78, 5) is 0. The molecule has 4 aromatic carbocycles. The minimum Gasteiger partial charge on any atom is -0.201 e. The Hall–Kier alpha value is -6.52. The van der Waals surface area contributed by atoms with E-state index in [2.05, 4.69) is 302 Å². The molecule has 8 rings (SSSR count). The summed E-state index contributed by atoms with van der Waals surface area (Å²) in [5.41, 5.74) is 23.2. The van der Waals surface area contributed by atoms with Gasteiger partial charge in [-0.2, -0.15) is 0 Å². The number of aryl methyl sites for hydroxylation is 10. The quantitative estimate of drug-likeness (QED) is 0.0857. The van der Waals surface area contributed by atoms with Crippen LogP contribution in [0.4, 0.5) is 0 Å². The van der Waals surface area contributed by atoms with Gasteiger partial charge in [0.2, 0.25) is 22.8 Å². The summed E-state index contributed by atoms with van der Waals surface area (Å²) in [7, 11) is 8.45. The molecule has 0 amide bonds. The second-order valence-electron chi connectivity index (χ2n) is 21.6. The van der Waals surface area contributed by atoms with E-state index in [4.69, 9.17) is 2.74 Å². The van der Waals surface area contributed by atoms with Crippen LogP contribution in [0.2, 0.25) is 0 Å². The van der Waals surface area contributed by atoms with E-state index in [0.29, 0.717) is 11.8 Å². The highest BCUT2D eigenvalue weighted by molar-refractivity contribution is 5.64. The second kappa shape index (κ2) is 30.6. The van der Waals surface area contributed by atoms with Crippen LogP contribution < -0.4 is 18.3 Å². The molecule has 0 spiro atoms. The van der Waals surface area contributed by atoms with Crippen molar-refractivity contribution in [1.29, 1.82) is 0 Å². The summed E-state index contributed by atoms with van der Waals surface area (Å²) in [5, 5.41) is 0. The Morgan fingerprint density at radius 2 is 0.615 bits per heavy atom. The van der Waals surface area contributed by atoms with Crippen molar-refractivity contribution in [2.24, 2.45) is 28.2 Å². The molecule has 0 aliphatic heterocycles. The van der Waals surface area contributed by atoms with Gasteiger partial charge in [-0.05, 0) is 186 Å². The maximum absolute atomic E-state index is 8.70. The summed E-state index contributed by atoms with van der Waals surface area (Å²) < 4.78 is 26.1. The molecule has 0 aliphatic rings. The zero-order valence-corrected chi connectivity index (χ0v) is 51.6. The Morgan fingerprint density at radius 3 is 0.962 bits per heavy atom. The fraction of sp³-hybridized carbons (Fsp3) is 0.405. The molecule has 0 unspecified atom stereocenters. The van der Waals surface area contributed by atoms with Crippen molar-refractivity contribution >= 4 is 0 Å². The van der Waals surface area contributed by atoms with E-state index >= 15 is 0 Å². The molecule has 0 radical (unpaired) electrons. The van der Waals surface area contributed by atoms with Gasteiger partial charge in [-0.15, -0.1) is 0 Å². The van der Waals surface area contributed by atoms with Crippen LogP contribution in [0.1, 0.15) is 189 Å². The van der Waals surface area contributed by atoms with Crippen LogP contribution in [0.25, 0.3) is 45.0 Å². The first-order valence-electron chi connectivity index (χ1n) is 30.4.